The quantitative estimate of drug-likeness (QED) is 0.915. The smallest absolute Gasteiger partial charge is 0.246 e. The number of hydrogen-bond donors (Lipinski definition) is 1. The minimum Gasteiger partial charge on any atom is -0.369 e. The van der Waals surface area contributed by atoms with Gasteiger partial charge in [-0.1, -0.05) is 11.6 Å². The molecule has 1 unspecified atom stereocenters. The minimum atomic E-state index is -0.0951. The van der Waals surface area contributed by atoms with Crippen LogP contribution in [0.4, 0.5) is 0 Å². The highest BCUT2D eigenvalue weighted by atomic mass is 35.5. The van der Waals surface area contributed by atoms with E-state index in [1.165, 1.54) is 4.80 Å². The van der Waals surface area contributed by atoms with Crippen LogP contribution in [0.5, 0.6) is 0 Å². The maximum Gasteiger partial charge on any atom is 0.246 e. The average Bonchev–Trinajstić information content (AvgIpc) is 2.95. The maximum atomic E-state index is 11.3. The number of carbonyl (C=O) groups is 1. The molecule has 104 valence electrons. The van der Waals surface area contributed by atoms with E-state index in [4.69, 9.17) is 16.3 Å². The summed E-state index contributed by atoms with van der Waals surface area (Å²) in [6.07, 6.45) is 3.84. The summed E-state index contributed by atoms with van der Waals surface area (Å²) in [7, 11) is 0. The third-order valence-electron chi connectivity index (χ3n) is 3.06. The van der Waals surface area contributed by atoms with Crippen LogP contribution in [-0.4, -0.2) is 40.2 Å². The van der Waals surface area contributed by atoms with Crippen molar-refractivity contribution in [2.24, 2.45) is 0 Å². The number of hydrogen-bond acceptors (Lipinski definition) is 4. The van der Waals surface area contributed by atoms with E-state index >= 15 is 0 Å². The van der Waals surface area contributed by atoms with Crippen molar-refractivity contribution in [2.45, 2.75) is 12.5 Å². The van der Waals surface area contributed by atoms with Gasteiger partial charge in [-0.2, -0.15) is 15.0 Å². The molecule has 20 heavy (non-hydrogen) atoms. The summed E-state index contributed by atoms with van der Waals surface area (Å²) in [5.74, 6) is -0.0951. The number of nitrogens with zero attached hydrogens (tertiary/aromatic N) is 3. The Bertz CT molecular complexity index is 615. The Balaban J connectivity index is 1.81. The van der Waals surface area contributed by atoms with Crippen LogP contribution in [0.3, 0.4) is 0 Å². The van der Waals surface area contributed by atoms with Gasteiger partial charge < -0.3 is 10.1 Å². The van der Waals surface area contributed by atoms with E-state index < -0.39 is 0 Å². The van der Waals surface area contributed by atoms with E-state index in [-0.39, 0.29) is 18.6 Å². The van der Waals surface area contributed by atoms with Gasteiger partial charge >= 0.3 is 0 Å². The van der Waals surface area contributed by atoms with Gasteiger partial charge in [-0.25, -0.2) is 0 Å². The summed E-state index contributed by atoms with van der Waals surface area (Å²) in [5, 5.41) is 11.7. The van der Waals surface area contributed by atoms with Crippen molar-refractivity contribution < 1.29 is 9.53 Å². The zero-order valence-electron chi connectivity index (χ0n) is 10.6. The molecular weight excluding hydrogens is 280 g/mol. The lowest BCUT2D eigenvalue weighted by Gasteiger charge is -2.24. The van der Waals surface area contributed by atoms with E-state index in [0.29, 0.717) is 18.1 Å². The van der Waals surface area contributed by atoms with Gasteiger partial charge in [0.2, 0.25) is 5.91 Å². The molecule has 7 heteroatoms. The molecule has 2 aromatic rings. The van der Waals surface area contributed by atoms with Gasteiger partial charge in [-0.05, 0) is 30.2 Å². The van der Waals surface area contributed by atoms with Crippen molar-refractivity contribution in [3.63, 3.8) is 0 Å². The molecule has 1 aliphatic rings. The first kappa shape index (κ1) is 13.1. The van der Waals surface area contributed by atoms with Gasteiger partial charge in [0.15, 0.2) is 0 Å². The third kappa shape index (κ3) is 2.81. The molecule has 1 aromatic carbocycles. The Morgan fingerprint density at radius 1 is 1.40 bits per heavy atom. The zero-order chi connectivity index (χ0) is 13.9. The first-order chi connectivity index (χ1) is 9.72. The molecule has 1 atom stereocenters. The van der Waals surface area contributed by atoms with E-state index in [0.717, 1.165) is 11.3 Å². The molecule has 1 aliphatic heterocycles. The third-order valence-corrected chi connectivity index (χ3v) is 3.43. The first-order valence-corrected chi connectivity index (χ1v) is 6.62. The van der Waals surface area contributed by atoms with Crippen molar-refractivity contribution in [1.82, 2.24) is 20.3 Å². The van der Waals surface area contributed by atoms with Crippen molar-refractivity contribution in [1.29, 1.82) is 0 Å². The van der Waals surface area contributed by atoms with Gasteiger partial charge in [-0.3, -0.25) is 4.79 Å². The number of benzene rings is 1. The Labute approximate surface area is 120 Å². The molecule has 1 fully saturated rings. The lowest BCUT2D eigenvalue weighted by Crippen LogP contribution is -2.46. The number of halogens is 1. The van der Waals surface area contributed by atoms with Crippen LogP contribution < -0.4 is 5.32 Å². The number of rotatable bonds is 3. The number of carbonyl (C=O) groups excluding carboxylic acids is 1. The molecule has 0 spiro atoms. The van der Waals surface area contributed by atoms with Crippen LogP contribution in [0.1, 0.15) is 5.56 Å². The summed E-state index contributed by atoms with van der Waals surface area (Å²) in [6, 6.07) is 5.51. The highest BCUT2D eigenvalue weighted by Gasteiger charge is 2.20. The molecule has 1 aromatic heterocycles. The number of amides is 1. The van der Waals surface area contributed by atoms with E-state index in [2.05, 4.69) is 15.5 Å². The molecule has 1 saturated heterocycles. The van der Waals surface area contributed by atoms with Crippen LogP contribution in [0.15, 0.2) is 30.6 Å². The Hall–Kier alpha value is -1.92. The van der Waals surface area contributed by atoms with Gasteiger partial charge in [0, 0.05) is 5.02 Å². The fraction of sp³-hybridized carbons (Fsp3) is 0.308. The summed E-state index contributed by atoms with van der Waals surface area (Å²) >= 11 is 6.21. The molecule has 2 heterocycles. The topological polar surface area (TPSA) is 69.0 Å². The van der Waals surface area contributed by atoms with E-state index in [1.54, 1.807) is 18.5 Å². The summed E-state index contributed by atoms with van der Waals surface area (Å²) < 4.78 is 5.22. The Morgan fingerprint density at radius 2 is 2.20 bits per heavy atom. The van der Waals surface area contributed by atoms with Crippen molar-refractivity contribution in [3.05, 3.63) is 41.2 Å². The second kappa shape index (κ2) is 5.60. The van der Waals surface area contributed by atoms with E-state index in [9.17, 15) is 4.79 Å². The van der Waals surface area contributed by atoms with Gasteiger partial charge in [0.1, 0.15) is 6.61 Å². The van der Waals surface area contributed by atoms with Gasteiger partial charge in [0.25, 0.3) is 0 Å². The second-order valence-corrected chi connectivity index (χ2v) is 4.99. The summed E-state index contributed by atoms with van der Waals surface area (Å²) in [6.45, 7) is 0.619. The Morgan fingerprint density at radius 3 is 2.95 bits per heavy atom. The second-order valence-electron chi connectivity index (χ2n) is 4.58. The molecule has 0 radical (unpaired) electrons. The highest BCUT2D eigenvalue weighted by Crippen LogP contribution is 2.21. The van der Waals surface area contributed by atoms with Crippen molar-refractivity contribution in [3.8, 4) is 5.69 Å². The SMILES string of the molecule is O=C1COCC(Cc2cc(-n3nccn3)ccc2Cl)N1. The molecule has 1 N–H and O–H groups in total. The minimum absolute atomic E-state index is 0.0606. The molecule has 6 nitrogen and oxygen atoms in total. The van der Waals surface area contributed by atoms with Crippen molar-refractivity contribution in [2.75, 3.05) is 13.2 Å². The van der Waals surface area contributed by atoms with Crippen molar-refractivity contribution >= 4 is 17.5 Å². The van der Waals surface area contributed by atoms with Crippen LogP contribution >= 0.6 is 11.6 Å². The fourth-order valence-corrected chi connectivity index (χ4v) is 2.37. The number of aromatic nitrogens is 3. The molecule has 0 bridgehead atoms. The van der Waals surface area contributed by atoms with Crippen LogP contribution in [0.2, 0.25) is 5.02 Å². The normalized spacial score (nSPS) is 18.9. The number of nitrogens with one attached hydrogen (secondary N) is 1. The largest absolute Gasteiger partial charge is 0.369 e. The molecular formula is C13H13ClN4O2. The number of morpholine rings is 1. The molecule has 3 rings (SSSR count). The predicted octanol–water partition coefficient (Wildman–Crippen LogP) is 0.978. The van der Waals surface area contributed by atoms with Gasteiger partial charge in [-0.15, -0.1) is 0 Å². The van der Waals surface area contributed by atoms with E-state index in [1.807, 2.05) is 12.1 Å². The number of ether oxygens (including phenoxy) is 1. The maximum absolute atomic E-state index is 11.3. The Kier molecular flexibility index (Phi) is 3.66. The summed E-state index contributed by atoms with van der Waals surface area (Å²) in [4.78, 5) is 12.8. The summed E-state index contributed by atoms with van der Waals surface area (Å²) in [5.41, 5.74) is 1.76. The van der Waals surface area contributed by atoms with Gasteiger partial charge in [0.05, 0.1) is 30.7 Å². The van der Waals surface area contributed by atoms with Crippen LogP contribution in [-0.2, 0) is 16.0 Å². The average molecular weight is 293 g/mol. The lowest BCUT2D eigenvalue weighted by atomic mass is 10.0. The monoisotopic (exact) mass is 292 g/mol. The first-order valence-electron chi connectivity index (χ1n) is 6.24. The standard InChI is InChI=1S/C13H13ClN4O2/c14-12-2-1-11(18-15-3-4-16-18)6-9(12)5-10-7-20-8-13(19)17-10/h1-4,6,10H,5,7-8H2,(H,17,19). The van der Waals surface area contributed by atoms with Crippen LogP contribution in [0, 0.1) is 0 Å². The highest BCUT2D eigenvalue weighted by molar-refractivity contribution is 6.31. The lowest BCUT2D eigenvalue weighted by molar-refractivity contribution is -0.131. The zero-order valence-corrected chi connectivity index (χ0v) is 11.4. The molecule has 1 amide bonds. The fourth-order valence-electron chi connectivity index (χ4n) is 2.17. The predicted molar refractivity (Wildman–Crippen MR) is 72.8 cm³/mol. The van der Waals surface area contributed by atoms with Crippen LogP contribution in [0.25, 0.3) is 5.69 Å². The molecule has 0 saturated carbocycles. The molecule has 0 aliphatic carbocycles.